The average molecular weight is 338 g/mol. The summed E-state index contributed by atoms with van der Waals surface area (Å²) in [4.78, 5) is 26.7. The zero-order valence-electron chi connectivity index (χ0n) is 14.9. The fourth-order valence-electron chi connectivity index (χ4n) is 2.65. The third-order valence-corrected chi connectivity index (χ3v) is 4.14. The first kappa shape index (κ1) is 18.7. The van der Waals surface area contributed by atoms with Crippen LogP contribution in [0.1, 0.15) is 37.8 Å². The zero-order valence-corrected chi connectivity index (χ0v) is 14.9. The molecule has 2 aromatic rings. The van der Waals surface area contributed by atoms with Gasteiger partial charge >= 0.3 is 0 Å². The van der Waals surface area contributed by atoms with Crippen LogP contribution in [0, 0.1) is 0 Å². The number of carbonyl (C=O) groups is 2. The van der Waals surface area contributed by atoms with Crippen molar-refractivity contribution in [3.8, 4) is 0 Å². The van der Waals surface area contributed by atoms with Crippen molar-refractivity contribution < 1.29 is 9.59 Å². The summed E-state index contributed by atoms with van der Waals surface area (Å²) in [5.41, 5.74) is 2.06. The van der Waals surface area contributed by atoms with E-state index >= 15 is 0 Å². The first-order valence-corrected chi connectivity index (χ1v) is 8.76. The molecule has 0 saturated heterocycles. The van der Waals surface area contributed by atoms with Gasteiger partial charge in [0.05, 0.1) is 0 Å². The molecule has 0 saturated carbocycles. The van der Waals surface area contributed by atoms with Gasteiger partial charge in [-0.1, -0.05) is 67.6 Å². The van der Waals surface area contributed by atoms with Crippen molar-refractivity contribution in [3.05, 3.63) is 71.8 Å². The molecule has 2 amide bonds. The molecule has 2 aromatic carbocycles. The number of carbonyl (C=O) groups excluding carboxylic acids is 2. The summed E-state index contributed by atoms with van der Waals surface area (Å²) >= 11 is 0. The van der Waals surface area contributed by atoms with Crippen LogP contribution in [-0.2, 0) is 22.7 Å². The molecule has 0 unspecified atom stereocenters. The largest absolute Gasteiger partial charge is 0.350 e. The van der Waals surface area contributed by atoms with Crippen molar-refractivity contribution >= 4 is 11.8 Å². The van der Waals surface area contributed by atoms with E-state index < -0.39 is 6.04 Å². The minimum Gasteiger partial charge on any atom is -0.350 e. The standard InChI is InChI=1S/C21H26N2O2/c1-3-10-20(24)23(16-19-13-8-5-9-14-19)17(2)21(25)22-15-18-11-6-4-7-12-18/h4-9,11-14,17H,3,10,15-16H2,1-2H3,(H,22,25)/t17-/m0/s1. The van der Waals surface area contributed by atoms with Crippen LogP contribution in [-0.4, -0.2) is 22.8 Å². The lowest BCUT2D eigenvalue weighted by Crippen LogP contribution is -2.47. The summed E-state index contributed by atoms with van der Waals surface area (Å²) in [6.07, 6.45) is 1.21. The number of nitrogens with one attached hydrogen (secondary N) is 1. The van der Waals surface area contributed by atoms with Crippen LogP contribution in [0.2, 0.25) is 0 Å². The second-order valence-corrected chi connectivity index (χ2v) is 6.14. The summed E-state index contributed by atoms with van der Waals surface area (Å²) in [5, 5.41) is 2.93. The molecule has 0 aromatic heterocycles. The topological polar surface area (TPSA) is 49.4 Å². The number of nitrogens with zero attached hydrogens (tertiary/aromatic N) is 1. The Morgan fingerprint density at radius 2 is 1.52 bits per heavy atom. The average Bonchev–Trinajstić information content (AvgIpc) is 2.65. The molecule has 0 bridgehead atoms. The second-order valence-electron chi connectivity index (χ2n) is 6.14. The van der Waals surface area contributed by atoms with E-state index in [-0.39, 0.29) is 11.8 Å². The summed E-state index contributed by atoms with van der Waals surface area (Å²) in [7, 11) is 0. The molecular formula is C21H26N2O2. The van der Waals surface area contributed by atoms with Crippen molar-refractivity contribution in [2.24, 2.45) is 0 Å². The molecule has 2 rings (SSSR count). The van der Waals surface area contributed by atoms with Gasteiger partial charge in [-0.05, 0) is 24.5 Å². The quantitative estimate of drug-likeness (QED) is 0.800. The Bertz CT molecular complexity index is 671. The van der Waals surface area contributed by atoms with Crippen LogP contribution in [0.4, 0.5) is 0 Å². The summed E-state index contributed by atoms with van der Waals surface area (Å²) in [6.45, 7) is 4.67. The molecule has 0 aliphatic heterocycles. The van der Waals surface area contributed by atoms with Gasteiger partial charge in [0.25, 0.3) is 0 Å². The van der Waals surface area contributed by atoms with Crippen molar-refractivity contribution in [1.82, 2.24) is 10.2 Å². The highest BCUT2D eigenvalue weighted by Crippen LogP contribution is 2.12. The summed E-state index contributed by atoms with van der Waals surface area (Å²) in [6, 6.07) is 19.0. The van der Waals surface area contributed by atoms with Crippen LogP contribution in [0.15, 0.2) is 60.7 Å². The molecule has 0 spiro atoms. The van der Waals surface area contributed by atoms with Gasteiger partial charge in [0.2, 0.25) is 11.8 Å². The maximum Gasteiger partial charge on any atom is 0.242 e. The van der Waals surface area contributed by atoms with Crippen LogP contribution in [0.5, 0.6) is 0 Å². The van der Waals surface area contributed by atoms with Gasteiger partial charge in [-0.2, -0.15) is 0 Å². The van der Waals surface area contributed by atoms with Crippen LogP contribution < -0.4 is 5.32 Å². The number of hydrogen-bond donors (Lipinski definition) is 1. The molecule has 4 nitrogen and oxygen atoms in total. The van der Waals surface area contributed by atoms with Crippen molar-refractivity contribution in [2.75, 3.05) is 0 Å². The Morgan fingerprint density at radius 3 is 2.08 bits per heavy atom. The highest BCUT2D eigenvalue weighted by atomic mass is 16.2. The number of amides is 2. The van der Waals surface area contributed by atoms with E-state index in [4.69, 9.17) is 0 Å². The van der Waals surface area contributed by atoms with Gasteiger partial charge in [0.1, 0.15) is 6.04 Å². The van der Waals surface area contributed by atoms with Crippen LogP contribution in [0.3, 0.4) is 0 Å². The van der Waals surface area contributed by atoms with E-state index in [1.165, 1.54) is 0 Å². The molecule has 1 N–H and O–H groups in total. The fourth-order valence-corrected chi connectivity index (χ4v) is 2.65. The van der Waals surface area contributed by atoms with E-state index in [2.05, 4.69) is 5.32 Å². The van der Waals surface area contributed by atoms with Crippen molar-refractivity contribution in [1.29, 1.82) is 0 Å². The predicted octanol–water partition coefficient (Wildman–Crippen LogP) is 3.52. The van der Waals surface area contributed by atoms with E-state index in [1.807, 2.05) is 67.6 Å². The molecular weight excluding hydrogens is 312 g/mol. The van der Waals surface area contributed by atoms with E-state index in [1.54, 1.807) is 11.8 Å². The smallest absolute Gasteiger partial charge is 0.242 e. The van der Waals surface area contributed by atoms with Crippen LogP contribution in [0.25, 0.3) is 0 Å². The number of rotatable bonds is 8. The fraction of sp³-hybridized carbons (Fsp3) is 0.333. The van der Waals surface area contributed by atoms with E-state index in [0.29, 0.717) is 19.5 Å². The van der Waals surface area contributed by atoms with Gasteiger partial charge in [0, 0.05) is 19.5 Å². The van der Waals surface area contributed by atoms with Gasteiger partial charge < -0.3 is 10.2 Å². The monoisotopic (exact) mass is 338 g/mol. The second kappa shape index (κ2) is 9.62. The highest BCUT2D eigenvalue weighted by Gasteiger charge is 2.25. The lowest BCUT2D eigenvalue weighted by molar-refractivity contribution is -0.140. The normalized spacial score (nSPS) is 11.6. The Hall–Kier alpha value is -2.62. The third-order valence-electron chi connectivity index (χ3n) is 4.14. The molecule has 4 heteroatoms. The predicted molar refractivity (Wildman–Crippen MR) is 99.7 cm³/mol. The summed E-state index contributed by atoms with van der Waals surface area (Å²) in [5.74, 6) is -0.127. The minimum atomic E-state index is -0.511. The highest BCUT2D eigenvalue weighted by molar-refractivity contribution is 5.87. The number of benzene rings is 2. The molecule has 1 atom stereocenters. The van der Waals surface area contributed by atoms with Crippen molar-refractivity contribution in [3.63, 3.8) is 0 Å². The molecule has 0 aliphatic rings. The minimum absolute atomic E-state index is 0.00807. The first-order chi connectivity index (χ1) is 12.1. The summed E-state index contributed by atoms with van der Waals surface area (Å²) < 4.78 is 0. The van der Waals surface area contributed by atoms with Crippen molar-refractivity contribution in [2.45, 2.75) is 45.8 Å². The molecule has 0 aliphatic carbocycles. The molecule has 0 heterocycles. The van der Waals surface area contributed by atoms with Gasteiger partial charge in [-0.3, -0.25) is 9.59 Å². The number of hydrogen-bond acceptors (Lipinski definition) is 2. The Balaban J connectivity index is 2.04. The van der Waals surface area contributed by atoms with Gasteiger partial charge in [-0.15, -0.1) is 0 Å². The molecule has 25 heavy (non-hydrogen) atoms. The SMILES string of the molecule is CCCC(=O)N(Cc1ccccc1)[C@@H](C)C(=O)NCc1ccccc1. The van der Waals surface area contributed by atoms with Crippen LogP contribution >= 0.6 is 0 Å². The molecule has 132 valence electrons. The van der Waals surface area contributed by atoms with E-state index in [0.717, 1.165) is 17.5 Å². The molecule has 0 fully saturated rings. The lowest BCUT2D eigenvalue weighted by atomic mass is 10.1. The first-order valence-electron chi connectivity index (χ1n) is 8.76. The molecule has 0 radical (unpaired) electrons. The Morgan fingerprint density at radius 1 is 0.960 bits per heavy atom. The lowest BCUT2D eigenvalue weighted by Gasteiger charge is -2.28. The maximum atomic E-state index is 12.6. The Kier molecular flexibility index (Phi) is 7.20. The Labute approximate surface area is 149 Å². The third kappa shape index (κ3) is 5.75. The van der Waals surface area contributed by atoms with Gasteiger partial charge in [-0.25, -0.2) is 0 Å². The van der Waals surface area contributed by atoms with E-state index in [9.17, 15) is 9.59 Å². The maximum absolute atomic E-state index is 12.6. The van der Waals surface area contributed by atoms with Gasteiger partial charge in [0.15, 0.2) is 0 Å². The zero-order chi connectivity index (χ0) is 18.1.